The van der Waals surface area contributed by atoms with Crippen molar-refractivity contribution in [3.63, 3.8) is 0 Å². The number of benzene rings is 1. The molecule has 88 valence electrons. The fourth-order valence-corrected chi connectivity index (χ4v) is 2.51. The van der Waals surface area contributed by atoms with E-state index in [1.165, 1.54) is 37.7 Å². The summed E-state index contributed by atoms with van der Waals surface area (Å²) in [6.07, 6.45) is 6.78. The minimum absolute atomic E-state index is 0.405. The third kappa shape index (κ3) is 3.01. The van der Waals surface area contributed by atoms with E-state index in [4.69, 9.17) is 4.74 Å². The van der Waals surface area contributed by atoms with Gasteiger partial charge in [-0.3, -0.25) is 0 Å². The van der Waals surface area contributed by atoms with Crippen LogP contribution >= 0.6 is 0 Å². The van der Waals surface area contributed by atoms with Crippen LogP contribution in [0, 0.1) is 12.3 Å². The Hall–Kier alpha value is -0.980. The van der Waals surface area contributed by atoms with Gasteiger partial charge in [0.2, 0.25) is 0 Å². The molecule has 1 saturated carbocycles. The second kappa shape index (κ2) is 4.90. The Morgan fingerprint density at radius 3 is 2.62 bits per heavy atom. The Kier molecular flexibility index (Phi) is 3.52. The average Bonchev–Trinajstić information content (AvgIpc) is 2.28. The van der Waals surface area contributed by atoms with Crippen LogP contribution in [0.1, 0.15) is 44.6 Å². The summed E-state index contributed by atoms with van der Waals surface area (Å²) in [4.78, 5) is 0. The van der Waals surface area contributed by atoms with Crippen molar-refractivity contribution in [3.05, 3.63) is 29.8 Å². The van der Waals surface area contributed by atoms with Crippen molar-refractivity contribution >= 4 is 0 Å². The molecule has 0 amide bonds. The lowest BCUT2D eigenvalue weighted by Gasteiger charge is -2.33. The Morgan fingerprint density at radius 1 is 1.19 bits per heavy atom. The lowest BCUT2D eigenvalue weighted by atomic mass is 9.76. The van der Waals surface area contributed by atoms with Gasteiger partial charge in [0, 0.05) is 5.41 Å². The molecule has 16 heavy (non-hydrogen) atoms. The zero-order valence-corrected chi connectivity index (χ0v) is 10.5. The van der Waals surface area contributed by atoms with Gasteiger partial charge in [-0.1, -0.05) is 38.3 Å². The number of aryl methyl sites for hydroxylation is 1. The van der Waals surface area contributed by atoms with Gasteiger partial charge in [0.1, 0.15) is 5.75 Å². The summed E-state index contributed by atoms with van der Waals surface area (Å²) in [6, 6.07) is 8.34. The van der Waals surface area contributed by atoms with Crippen molar-refractivity contribution in [1.82, 2.24) is 0 Å². The molecule has 0 unspecified atom stereocenters. The van der Waals surface area contributed by atoms with Gasteiger partial charge in [-0.2, -0.15) is 0 Å². The second-order valence-corrected chi connectivity index (χ2v) is 5.48. The van der Waals surface area contributed by atoms with Gasteiger partial charge in [0.25, 0.3) is 0 Å². The van der Waals surface area contributed by atoms with Crippen LogP contribution in [0.25, 0.3) is 0 Å². The molecular weight excluding hydrogens is 196 g/mol. The monoisotopic (exact) mass is 218 g/mol. The largest absolute Gasteiger partial charge is 0.493 e. The van der Waals surface area contributed by atoms with E-state index in [0.29, 0.717) is 5.41 Å². The van der Waals surface area contributed by atoms with E-state index < -0.39 is 0 Å². The van der Waals surface area contributed by atoms with E-state index in [2.05, 4.69) is 38.1 Å². The van der Waals surface area contributed by atoms with Gasteiger partial charge in [0.05, 0.1) is 6.61 Å². The number of hydrogen-bond donors (Lipinski definition) is 0. The molecule has 0 saturated heterocycles. The van der Waals surface area contributed by atoms with Crippen molar-refractivity contribution in [2.75, 3.05) is 6.61 Å². The van der Waals surface area contributed by atoms with Gasteiger partial charge in [0.15, 0.2) is 0 Å². The van der Waals surface area contributed by atoms with Crippen molar-refractivity contribution in [2.24, 2.45) is 5.41 Å². The van der Waals surface area contributed by atoms with Gasteiger partial charge >= 0.3 is 0 Å². The average molecular weight is 218 g/mol. The van der Waals surface area contributed by atoms with Crippen molar-refractivity contribution in [1.29, 1.82) is 0 Å². The first-order chi connectivity index (χ1) is 7.68. The van der Waals surface area contributed by atoms with Crippen molar-refractivity contribution in [2.45, 2.75) is 46.0 Å². The molecule has 0 aromatic heterocycles. The maximum Gasteiger partial charge on any atom is 0.119 e. The third-order valence-corrected chi connectivity index (χ3v) is 3.64. The molecule has 1 aliphatic carbocycles. The van der Waals surface area contributed by atoms with Gasteiger partial charge in [-0.15, -0.1) is 0 Å². The first kappa shape index (κ1) is 11.5. The maximum atomic E-state index is 5.93. The van der Waals surface area contributed by atoms with Crippen molar-refractivity contribution < 1.29 is 4.74 Å². The molecule has 1 fully saturated rings. The normalized spacial score (nSPS) is 19.4. The van der Waals surface area contributed by atoms with Gasteiger partial charge in [-0.05, 0) is 37.5 Å². The molecule has 0 aliphatic heterocycles. The predicted molar refractivity (Wildman–Crippen MR) is 67.9 cm³/mol. The summed E-state index contributed by atoms with van der Waals surface area (Å²) in [5, 5.41) is 0. The van der Waals surface area contributed by atoms with E-state index in [-0.39, 0.29) is 0 Å². The fraction of sp³-hybridized carbons (Fsp3) is 0.600. The lowest BCUT2D eigenvalue weighted by molar-refractivity contribution is 0.116. The molecule has 0 radical (unpaired) electrons. The van der Waals surface area contributed by atoms with E-state index in [1.54, 1.807) is 0 Å². The first-order valence-corrected chi connectivity index (χ1v) is 6.37. The smallest absolute Gasteiger partial charge is 0.119 e. The van der Waals surface area contributed by atoms with E-state index >= 15 is 0 Å². The Balaban J connectivity index is 1.91. The molecule has 1 aromatic carbocycles. The molecule has 0 heterocycles. The first-order valence-electron chi connectivity index (χ1n) is 6.37. The molecule has 1 aliphatic rings. The molecule has 1 heteroatoms. The molecule has 0 bridgehead atoms. The topological polar surface area (TPSA) is 9.23 Å². The summed E-state index contributed by atoms with van der Waals surface area (Å²) in [5.74, 6) is 1.02. The predicted octanol–water partition coefficient (Wildman–Crippen LogP) is 4.34. The number of ether oxygens (including phenoxy) is 1. The van der Waals surface area contributed by atoms with Gasteiger partial charge in [-0.25, -0.2) is 0 Å². The lowest BCUT2D eigenvalue weighted by Crippen LogP contribution is -2.27. The Labute approximate surface area is 98.8 Å². The van der Waals surface area contributed by atoms with Crippen LogP contribution in [0.3, 0.4) is 0 Å². The van der Waals surface area contributed by atoms with Crippen LogP contribution in [-0.4, -0.2) is 6.61 Å². The number of hydrogen-bond acceptors (Lipinski definition) is 1. The minimum Gasteiger partial charge on any atom is -0.493 e. The zero-order valence-electron chi connectivity index (χ0n) is 10.5. The van der Waals surface area contributed by atoms with Crippen LogP contribution < -0.4 is 4.74 Å². The SMILES string of the molecule is Cc1cccc(OCC2(C)CCCCC2)c1. The molecule has 1 nitrogen and oxygen atoms in total. The number of rotatable bonds is 3. The highest BCUT2D eigenvalue weighted by Crippen LogP contribution is 2.36. The molecule has 2 rings (SSSR count). The van der Waals surface area contributed by atoms with E-state index in [1.807, 2.05) is 0 Å². The minimum atomic E-state index is 0.405. The fourth-order valence-electron chi connectivity index (χ4n) is 2.51. The molecule has 0 atom stereocenters. The summed E-state index contributed by atoms with van der Waals surface area (Å²) in [5.41, 5.74) is 1.67. The summed E-state index contributed by atoms with van der Waals surface area (Å²) in [7, 11) is 0. The standard InChI is InChI=1S/C15H22O/c1-13-7-6-8-14(11-13)16-12-15(2)9-4-3-5-10-15/h6-8,11H,3-5,9-10,12H2,1-2H3. The highest BCUT2D eigenvalue weighted by molar-refractivity contribution is 5.27. The van der Waals surface area contributed by atoms with Gasteiger partial charge < -0.3 is 4.74 Å². The van der Waals surface area contributed by atoms with Crippen LogP contribution in [0.4, 0.5) is 0 Å². The van der Waals surface area contributed by atoms with Crippen LogP contribution in [0.5, 0.6) is 5.75 Å². The third-order valence-electron chi connectivity index (χ3n) is 3.64. The molecule has 1 aromatic rings. The summed E-state index contributed by atoms with van der Waals surface area (Å²) >= 11 is 0. The summed E-state index contributed by atoms with van der Waals surface area (Å²) < 4.78 is 5.93. The molecule has 0 spiro atoms. The highest BCUT2D eigenvalue weighted by Gasteiger charge is 2.27. The van der Waals surface area contributed by atoms with E-state index in [9.17, 15) is 0 Å². The van der Waals surface area contributed by atoms with Crippen molar-refractivity contribution in [3.8, 4) is 5.75 Å². The summed E-state index contributed by atoms with van der Waals surface area (Å²) in [6.45, 7) is 5.34. The van der Waals surface area contributed by atoms with E-state index in [0.717, 1.165) is 12.4 Å². The van der Waals surface area contributed by atoms with Crippen LogP contribution in [0.2, 0.25) is 0 Å². The molecular formula is C15H22O. The maximum absolute atomic E-state index is 5.93. The Morgan fingerprint density at radius 2 is 1.94 bits per heavy atom. The Bertz CT molecular complexity index is 337. The molecule has 0 N–H and O–H groups in total. The van der Waals surface area contributed by atoms with Crippen LogP contribution in [0.15, 0.2) is 24.3 Å². The quantitative estimate of drug-likeness (QED) is 0.733. The highest BCUT2D eigenvalue weighted by atomic mass is 16.5. The zero-order chi connectivity index (χ0) is 11.4. The van der Waals surface area contributed by atoms with Crippen LogP contribution in [-0.2, 0) is 0 Å². The second-order valence-electron chi connectivity index (χ2n) is 5.48.